The molecule has 6 heteroatoms. The Kier molecular flexibility index (Phi) is 59.9. The minimum absolute atomic E-state index is 0.0956. The minimum Gasteiger partial charge on any atom is -0.462 e. The van der Waals surface area contributed by atoms with Gasteiger partial charge >= 0.3 is 17.9 Å². The van der Waals surface area contributed by atoms with E-state index in [1.807, 2.05) is 0 Å². The number of allylic oxidation sites excluding steroid dienone is 20. The highest BCUT2D eigenvalue weighted by Crippen LogP contribution is 2.16. The van der Waals surface area contributed by atoms with Crippen LogP contribution >= 0.6 is 0 Å². The van der Waals surface area contributed by atoms with E-state index in [2.05, 4.69) is 142 Å². The van der Waals surface area contributed by atoms with Crippen LogP contribution < -0.4 is 0 Å². The third kappa shape index (κ3) is 60.7. The quantitative estimate of drug-likeness (QED) is 0.0261. The Labute approximate surface area is 469 Å². The van der Waals surface area contributed by atoms with Gasteiger partial charge in [-0.05, 0) is 109 Å². The molecule has 0 spiro atoms. The van der Waals surface area contributed by atoms with Crippen molar-refractivity contribution in [3.63, 3.8) is 0 Å². The van der Waals surface area contributed by atoms with Crippen molar-refractivity contribution in [2.75, 3.05) is 13.2 Å². The largest absolute Gasteiger partial charge is 0.462 e. The summed E-state index contributed by atoms with van der Waals surface area (Å²) in [5.41, 5.74) is 0. The van der Waals surface area contributed by atoms with Gasteiger partial charge in [-0.1, -0.05) is 277 Å². The van der Waals surface area contributed by atoms with Gasteiger partial charge in [0.2, 0.25) is 0 Å². The van der Waals surface area contributed by atoms with Gasteiger partial charge in [0.15, 0.2) is 6.10 Å². The number of rotatable bonds is 56. The van der Waals surface area contributed by atoms with Crippen molar-refractivity contribution in [2.45, 2.75) is 290 Å². The molecule has 0 amide bonds. The van der Waals surface area contributed by atoms with E-state index in [4.69, 9.17) is 14.2 Å². The Hall–Kier alpha value is -4.19. The van der Waals surface area contributed by atoms with Crippen LogP contribution in [0, 0.1) is 0 Å². The van der Waals surface area contributed by atoms with E-state index in [1.165, 1.54) is 116 Å². The van der Waals surface area contributed by atoms with Gasteiger partial charge in [0.05, 0.1) is 0 Å². The van der Waals surface area contributed by atoms with Gasteiger partial charge in [0, 0.05) is 19.3 Å². The molecule has 0 aromatic carbocycles. The first-order chi connectivity index (χ1) is 37.5. The number of hydrogen-bond acceptors (Lipinski definition) is 6. The number of ether oxygens (including phenoxy) is 3. The van der Waals surface area contributed by atoms with Crippen molar-refractivity contribution in [3.8, 4) is 0 Å². The molecule has 0 bridgehead atoms. The van der Waals surface area contributed by atoms with E-state index < -0.39 is 6.10 Å². The van der Waals surface area contributed by atoms with Crippen LogP contribution in [-0.2, 0) is 28.6 Å². The van der Waals surface area contributed by atoms with Crippen molar-refractivity contribution < 1.29 is 28.6 Å². The van der Waals surface area contributed by atoms with Gasteiger partial charge in [-0.2, -0.15) is 0 Å². The summed E-state index contributed by atoms with van der Waals surface area (Å²) in [7, 11) is 0. The zero-order chi connectivity index (χ0) is 55.0. The summed E-state index contributed by atoms with van der Waals surface area (Å²) in [6.45, 7) is 6.39. The van der Waals surface area contributed by atoms with Gasteiger partial charge in [-0.3, -0.25) is 14.4 Å². The predicted octanol–water partition coefficient (Wildman–Crippen LogP) is 21.6. The maximum Gasteiger partial charge on any atom is 0.306 e. The Balaban J connectivity index is 4.48. The van der Waals surface area contributed by atoms with Gasteiger partial charge in [-0.25, -0.2) is 0 Å². The number of carbonyl (C=O) groups is 3. The summed E-state index contributed by atoms with van der Waals surface area (Å²) < 4.78 is 16.9. The van der Waals surface area contributed by atoms with E-state index >= 15 is 0 Å². The summed E-state index contributed by atoms with van der Waals surface area (Å²) >= 11 is 0. The number of carbonyl (C=O) groups excluding carboxylic acids is 3. The number of esters is 3. The standard InChI is InChI=1S/C70H116O6/c1-4-7-10-13-16-19-22-25-28-31-33-35-37-39-42-45-48-51-54-57-60-63-69(72)75-66-67(65-74-68(71)62-59-56-53-50-47-44-41-30-27-24-21-18-15-12-9-6-3)76-70(73)64-61-58-55-52-49-46-43-40-38-36-34-32-29-26-23-20-17-14-11-8-5-2/h7-8,10-11,16-17,19-20,25-26,28-29,33-36,39,42,48,51,67H,4-6,9,12-15,18,21-24,27,30-32,37-38,40-41,43-47,49-50,52-66H2,1-3H3/b10-7-,11-8-,19-16-,20-17-,28-25-,29-26-,35-33-,36-34-,42-39-,51-48-. The Bertz CT molecular complexity index is 1590. The summed E-state index contributed by atoms with van der Waals surface area (Å²) in [5.74, 6) is -0.943. The fraction of sp³-hybridized carbons (Fsp3) is 0.671. The van der Waals surface area contributed by atoms with Crippen LogP contribution in [0.15, 0.2) is 122 Å². The number of unbranched alkanes of at least 4 members (excludes halogenated alkanes) is 25. The molecule has 0 fully saturated rings. The van der Waals surface area contributed by atoms with Crippen molar-refractivity contribution in [3.05, 3.63) is 122 Å². The molecule has 1 unspecified atom stereocenters. The molecule has 0 heterocycles. The van der Waals surface area contributed by atoms with Crippen LogP contribution in [0.4, 0.5) is 0 Å². The molecule has 0 aromatic rings. The lowest BCUT2D eigenvalue weighted by Crippen LogP contribution is -2.30. The third-order valence-electron chi connectivity index (χ3n) is 13.2. The van der Waals surface area contributed by atoms with Crippen molar-refractivity contribution in [1.82, 2.24) is 0 Å². The highest BCUT2D eigenvalue weighted by Gasteiger charge is 2.19. The summed E-state index contributed by atoms with van der Waals surface area (Å²) in [5, 5.41) is 0. The molecule has 1 atom stereocenters. The van der Waals surface area contributed by atoms with E-state index in [1.54, 1.807) is 0 Å². The molecule has 0 aliphatic carbocycles. The summed E-state index contributed by atoms with van der Waals surface area (Å²) in [6.07, 6.45) is 87.7. The monoisotopic (exact) mass is 1050 g/mol. The van der Waals surface area contributed by atoms with Crippen LogP contribution in [0.5, 0.6) is 0 Å². The van der Waals surface area contributed by atoms with E-state index in [0.29, 0.717) is 19.3 Å². The average Bonchev–Trinajstić information content (AvgIpc) is 3.42. The maximum absolute atomic E-state index is 12.9. The molecule has 0 aliphatic rings. The summed E-state index contributed by atoms with van der Waals surface area (Å²) in [4.78, 5) is 38.3. The maximum atomic E-state index is 12.9. The minimum atomic E-state index is -0.804. The molecular formula is C70H116O6. The van der Waals surface area contributed by atoms with E-state index in [-0.39, 0.29) is 31.1 Å². The molecular weight excluding hydrogens is 937 g/mol. The predicted molar refractivity (Wildman–Crippen MR) is 330 cm³/mol. The molecule has 0 radical (unpaired) electrons. The van der Waals surface area contributed by atoms with Gasteiger partial charge < -0.3 is 14.2 Å². The smallest absolute Gasteiger partial charge is 0.306 e. The zero-order valence-electron chi connectivity index (χ0n) is 49.5. The first-order valence-corrected chi connectivity index (χ1v) is 31.5. The normalized spacial score (nSPS) is 12.9. The van der Waals surface area contributed by atoms with Crippen LogP contribution in [-0.4, -0.2) is 37.2 Å². The molecule has 6 nitrogen and oxygen atoms in total. The van der Waals surface area contributed by atoms with E-state index in [0.717, 1.165) is 128 Å². The fourth-order valence-corrected chi connectivity index (χ4v) is 8.56. The molecule has 0 saturated heterocycles. The Morgan fingerprint density at radius 2 is 0.513 bits per heavy atom. The van der Waals surface area contributed by atoms with Gasteiger partial charge in [-0.15, -0.1) is 0 Å². The SMILES string of the molecule is CC/C=C\C/C=C\C/C=C\C/C=C\C/C=C\C/C=C\CCCCC(=O)OCC(COC(=O)CCCCCCCCCCCCCCCCCC)OC(=O)CCCCCCCCCC/C=C\C/C=C\C/C=C\C/C=C\CC. The lowest BCUT2D eigenvalue weighted by atomic mass is 10.0. The average molecular weight is 1050 g/mol. The highest BCUT2D eigenvalue weighted by molar-refractivity contribution is 5.71. The topological polar surface area (TPSA) is 78.9 Å². The first-order valence-electron chi connectivity index (χ1n) is 31.5. The zero-order valence-corrected chi connectivity index (χ0v) is 49.5. The Morgan fingerprint density at radius 1 is 0.276 bits per heavy atom. The molecule has 432 valence electrons. The highest BCUT2D eigenvalue weighted by atomic mass is 16.6. The second-order valence-corrected chi connectivity index (χ2v) is 20.6. The van der Waals surface area contributed by atoms with Crippen LogP contribution in [0.25, 0.3) is 0 Å². The lowest BCUT2D eigenvalue weighted by Gasteiger charge is -2.18. The first kappa shape index (κ1) is 71.8. The Morgan fingerprint density at radius 3 is 0.829 bits per heavy atom. The lowest BCUT2D eigenvalue weighted by molar-refractivity contribution is -0.167. The molecule has 76 heavy (non-hydrogen) atoms. The van der Waals surface area contributed by atoms with Crippen molar-refractivity contribution in [1.29, 1.82) is 0 Å². The van der Waals surface area contributed by atoms with Crippen LogP contribution in [0.3, 0.4) is 0 Å². The van der Waals surface area contributed by atoms with Gasteiger partial charge in [0.25, 0.3) is 0 Å². The van der Waals surface area contributed by atoms with Crippen LogP contribution in [0.2, 0.25) is 0 Å². The molecule has 0 aromatic heterocycles. The molecule has 0 saturated carbocycles. The van der Waals surface area contributed by atoms with Gasteiger partial charge in [0.1, 0.15) is 13.2 Å². The second kappa shape index (κ2) is 63.3. The molecule has 0 N–H and O–H groups in total. The fourth-order valence-electron chi connectivity index (χ4n) is 8.56. The second-order valence-electron chi connectivity index (χ2n) is 20.6. The number of hydrogen-bond donors (Lipinski definition) is 0. The summed E-state index contributed by atoms with van der Waals surface area (Å²) in [6, 6.07) is 0. The van der Waals surface area contributed by atoms with Crippen LogP contribution in [0.1, 0.15) is 284 Å². The molecule has 0 aliphatic heterocycles. The third-order valence-corrected chi connectivity index (χ3v) is 13.2. The van der Waals surface area contributed by atoms with E-state index in [9.17, 15) is 14.4 Å². The van der Waals surface area contributed by atoms with Crippen molar-refractivity contribution in [2.24, 2.45) is 0 Å². The van der Waals surface area contributed by atoms with Crippen molar-refractivity contribution >= 4 is 17.9 Å². The molecule has 0 rings (SSSR count).